The lowest BCUT2D eigenvalue weighted by Gasteiger charge is -2.13. The molecule has 0 aliphatic heterocycles. The fourth-order valence-electron chi connectivity index (χ4n) is 3.02. The van der Waals surface area contributed by atoms with Crippen molar-refractivity contribution in [3.8, 4) is 16.9 Å². The Balaban J connectivity index is 1.86. The van der Waals surface area contributed by atoms with Crippen LogP contribution in [0.25, 0.3) is 11.1 Å². The summed E-state index contributed by atoms with van der Waals surface area (Å²) in [5.41, 5.74) is 4.68. The lowest BCUT2D eigenvalue weighted by Crippen LogP contribution is -2.23. The number of aryl methyl sites for hydroxylation is 2. The van der Waals surface area contributed by atoms with Gasteiger partial charge in [0.15, 0.2) is 0 Å². The van der Waals surface area contributed by atoms with Crippen molar-refractivity contribution in [2.75, 3.05) is 7.11 Å². The molecule has 0 unspecified atom stereocenters. The molecule has 0 atom stereocenters. The summed E-state index contributed by atoms with van der Waals surface area (Å²) in [5.74, 6) is 0.715. The second kappa shape index (κ2) is 7.61. The lowest BCUT2D eigenvalue weighted by molar-refractivity contribution is 0.408. The third-order valence-corrected chi connectivity index (χ3v) is 6.31. The van der Waals surface area contributed by atoms with E-state index >= 15 is 0 Å². The molecule has 0 bridgehead atoms. The van der Waals surface area contributed by atoms with Crippen molar-refractivity contribution in [3.63, 3.8) is 0 Å². The van der Waals surface area contributed by atoms with Gasteiger partial charge in [-0.1, -0.05) is 24.3 Å². The predicted molar refractivity (Wildman–Crippen MR) is 106 cm³/mol. The first-order valence-electron chi connectivity index (χ1n) is 8.18. The van der Waals surface area contributed by atoms with E-state index < -0.39 is 10.0 Å². The van der Waals surface area contributed by atoms with E-state index in [1.54, 1.807) is 30.6 Å². The summed E-state index contributed by atoms with van der Waals surface area (Å²) in [6.45, 7) is 3.92. The molecule has 3 aromatic rings. The number of methoxy groups -OCH3 is 1. The van der Waals surface area contributed by atoms with E-state index in [1.165, 1.54) is 0 Å². The van der Waals surface area contributed by atoms with Gasteiger partial charge in [0.25, 0.3) is 0 Å². The summed E-state index contributed by atoms with van der Waals surface area (Å²) >= 11 is 1.62. The molecule has 6 heteroatoms. The van der Waals surface area contributed by atoms with Crippen LogP contribution in [0.3, 0.4) is 0 Å². The number of nitrogens with one attached hydrogen (secondary N) is 1. The van der Waals surface area contributed by atoms with E-state index in [9.17, 15) is 8.42 Å². The third-order valence-electron chi connectivity index (χ3n) is 4.25. The van der Waals surface area contributed by atoms with E-state index in [0.29, 0.717) is 5.75 Å². The van der Waals surface area contributed by atoms with Crippen molar-refractivity contribution < 1.29 is 13.2 Å². The first-order valence-corrected chi connectivity index (χ1v) is 10.6. The summed E-state index contributed by atoms with van der Waals surface area (Å²) in [4.78, 5) is 0.251. The first-order chi connectivity index (χ1) is 12.4. The SMILES string of the molecule is COc1c(C)cc(S(=O)(=O)NCc2ccccc2-c2ccsc2)cc1C. The van der Waals surface area contributed by atoms with Crippen LogP contribution in [0.1, 0.15) is 16.7 Å². The molecule has 0 saturated heterocycles. The highest BCUT2D eigenvalue weighted by Gasteiger charge is 2.18. The average molecular weight is 388 g/mol. The number of rotatable bonds is 6. The number of thiophene rings is 1. The van der Waals surface area contributed by atoms with Gasteiger partial charge in [0.2, 0.25) is 10.0 Å². The highest BCUT2D eigenvalue weighted by Crippen LogP contribution is 2.28. The molecule has 0 aliphatic carbocycles. The molecule has 0 spiro atoms. The fraction of sp³-hybridized carbons (Fsp3) is 0.200. The zero-order valence-corrected chi connectivity index (χ0v) is 16.6. The van der Waals surface area contributed by atoms with E-state index in [2.05, 4.69) is 10.1 Å². The van der Waals surface area contributed by atoms with Crippen molar-refractivity contribution in [1.29, 1.82) is 0 Å². The molecular formula is C20H21NO3S2. The molecule has 136 valence electrons. The molecule has 2 aromatic carbocycles. The summed E-state index contributed by atoms with van der Waals surface area (Å²) in [6, 6.07) is 13.1. The van der Waals surface area contributed by atoms with Gasteiger partial charge in [0, 0.05) is 6.54 Å². The van der Waals surface area contributed by atoms with E-state index in [1.807, 2.05) is 49.6 Å². The second-order valence-corrected chi connectivity index (χ2v) is 8.63. The molecule has 0 fully saturated rings. The highest BCUT2D eigenvalue weighted by atomic mass is 32.2. The zero-order valence-electron chi connectivity index (χ0n) is 14.9. The smallest absolute Gasteiger partial charge is 0.240 e. The van der Waals surface area contributed by atoms with E-state index in [0.717, 1.165) is 27.8 Å². The molecule has 1 aromatic heterocycles. The van der Waals surface area contributed by atoms with Gasteiger partial charge in [-0.15, -0.1) is 0 Å². The van der Waals surface area contributed by atoms with Crippen molar-refractivity contribution in [1.82, 2.24) is 4.72 Å². The maximum atomic E-state index is 12.8. The van der Waals surface area contributed by atoms with Gasteiger partial charge in [-0.2, -0.15) is 11.3 Å². The molecule has 1 heterocycles. The minimum Gasteiger partial charge on any atom is -0.496 e. The largest absolute Gasteiger partial charge is 0.496 e. The molecule has 4 nitrogen and oxygen atoms in total. The van der Waals surface area contributed by atoms with Gasteiger partial charge in [-0.3, -0.25) is 0 Å². The Labute approximate surface area is 158 Å². The van der Waals surface area contributed by atoms with Crippen LogP contribution in [0.2, 0.25) is 0 Å². The third kappa shape index (κ3) is 3.82. The minimum atomic E-state index is -3.62. The van der Waals surface area contributed by atoms with Gasteiger partial charge in [-0.25, -0.2) is 13.1 Å². The lowest BCUT2D eigenvalue weighted by atomic mass is 10.0. The topological polar surface area (TPSA) is 55.4 Å². The van der Waals surface area contributed by atoms with E-state index in [4.69, 9.17) is 4.74 Å². The van der Waals surface area contributed by atoms with Gasteiger partial charge < -0.3 is 4.74 Å². The maximum Gasteiger partial charge on any atom is 0.240 e. The van der Waals surface area contributed by atoms with Crippen LogP contribution < -0.4 is 9.46 Å². The monoisotopic (exact) mass is 387 g/mol. The molecule has 0 radical (unpaired) electrons. The van der Waals surface area contributed by atoms with Crippen molar-refractivity contribution in [2.24, 2.45) is 0 Å². The summed E-state index contributed by atoms with van der Waals surface area (Å²) in [5, 5.41) is 4.07. The van der Waals surface area contributed by atoms with Gasteiger partial charge in [0.05, 0.1) is 12.0 Å². The van der Waals surface area contributed by atoms with Gasteiger partial charge >= 0.3 is 0 Å². The zero-order chi connectivity index (χ0) is 18.7. The molecule has 3 rings (SSSR count). The van der Waals surface area contributed by atoms with Crippen LogP contribution in [0.15, 0.2) is 58.1 Å². The number of sulfonamides is 1. The Bertz CT molecular complexity index is 986. The quantitative estimate of drug-likeness (QED) is 0.677. The van der Waals surface area contributed by atoms with Crippen LogP contribution in [-0.4, -0.2) is 15.5 Å². The Hall–Kier alpha value is -2.15. The molecule has 1 N–H and O–H groups in total. The number of benzene rings is 2. The number of hydrogen-bond acceptors (Lipinski definition) is 4. The van der Waals surface area contributed by atoms with E-state index in [-0.39, 0.29) is 11.4 Å². The van der Waals surface area contributed by atoms with Crippen LogP contribution in [0.5, 0.6) is 5.75 Å². The first kappa shape index (κ1) is 18.6. The number of hydrogen-bond donors (Lipinski definition) is 1. The van der Waals surface area contributed by atoms with Crippen LogP contribution in [0.4, 0.5) is 0 Å². The Morgan fingerprint density at radius 1 is 1.08 bits per heavy atom. The second-order valence-electron chi connectivity index (χ2n) is 6.08. The minimum absolute atomic E-state index is 0.235. The van der Waals surface area contributed by atoms with Gasteiger partial charge in [-0.05, 0) is 70.6 Å². The molecule has 0 amide bonds. The van der Waals surface area contributed by atoms with Crippen molar-refractivity contribution in [2.45, 2.75) is 25.3 Å². The number of ether oxygens (including phenoxy) is 1. The van der Waals surface area contributed by atoms with Crippen LogP contribution >= 0.6 is 11.3 Å². The highest BCUT2D eigenvalue weighted by molar-refractivity contribution is 7.89. The van der Waals surface area contributed by atoms with Crippen molar-refractivity contribution >= 4 is 21.4 Å². The summed E-state index contributed by atoms with van der Waals surface area (Å²) < 4.78 is 33.6. The van der Waals surface area contributed by atoms with Crippen molar-refractivity contribution in [3.05, 3.63) is 69.9 Å². The summed E-state index contributed by atoms with van der Waals surface area (Å²) in [7, 11) is -2.03. The van der Waals surface area contributed by atoms with Gasteiger partial charge in [0.1, 0.15) is 5.75 Å². The maximum absolute atomic E-state index is 12.8. The molecule has 0 saturated carbocycles. The Morgan fingerprint density at radius 3 is 2.38 bits per heavy atom. The molecular weight excluding hydrogens is 366 g/mol. The fourth-order valence-corrected chi connectivity index (χ4v) is 4.85. The molecule has 0 aliphatic rings. The predicted octanol–water partition coefficient (Wildman–Crippen LogP) is 4.52. The standard InChI is InChI=1S/C20H21NO3S2/c1-14-10-18(11-15(2)20(14)24-3)26(22,23)21-12-16-6-4-5-7-19(16)17-8-9-25-13-17/h4-11,13,21H,12H2,1-3H3. The summed E-state index contributed by atoms with van der Waals surface area (Å²) in [6.07, 6.45) is 0. The Morgan fingerprint density at radius 2 is 1.77 bits per heavy atom. The van der Waals surface area contributed by atoms with Crippen LogP contribution in [0, 0.1) is 13.8 Å². The average Bonchev–Trinajstić information content (AvgIpc) is 3.14. The van der Waals surface area contributed by atoms with Crippen LogP contribution in [-0.2, 0) is 16.6 Å². The Kier molecular flexibility index (Phi) is 5.46. The molecule has 26 heavy (non-hydrogen) atoms. The normalized spacial score (nSPS) is 11.5.